The largest absolute Gasteiger partial charge is 0.333 e. The smallest absolute Gasteiger partial charge is 0.223 e. The lowest BCUT2D eigenvalue weighted by Crippen LogP contribution is -2.36. The van der Waals surface area contributed by atoms with Crippen LogP contribution in [0.1, 0.15) is 50.1 Å². The minimum atomic E-state index is 0.340. The Morgan fingerprint density at radius 2 is 1.71 bits per heavy atom. The van der Waals surface area contributed by atoms with E-state index in [0.29, 0.717) is 18.0 Å². The Morgan fingerprint density at radius 3 is 2.41 bits per heavy atom. The van der Waals surface area contributed by atoms with Gasteiger partial charge in [0, 0.05) is 12.5 Å². The van der Waals surface area contributed by atoms with E-state index in [9.17, 15) is 4.79 Å². The second-order valence-electron chi connectivity index (χ2n) is 5.20. The van der Waals surface area contributed by atoms with Crippen molar-refractivity contribution in [1.29, 1.82) is 0 Å². The van der Waals surface area contributed by atoms with E-state index in [1.165, 1.54) is 31.2 Å². The number of amides is 1. The first-order valence-corrected chi connectivity index (χ1v) is 6.72. The summed E-state index contributed by atoms with van der Waals surface area (Å²) >= 11 is 0. The molecule has 3 rings (SSSR count). The fourth-order valence-electron chi connectivity index (χ4n) is 3.35. The van der Waals surface area contributed by atoms with Crippen molar-refractivity contribution in [2.45, 2.75) is 50.6 Å². The molecule has 2 nitrogen and oxygen atoms in total. The van der Waals surface area contributed by atoms with Gasteiger partial charge >= 0.3 is 0 Å². The van der Waals surface area contributed by atoms with Crippen LogP contribution in [-0.4, -0.2) is 16.8 Å². The van der Waals surface area contributed by atoms with Crippen molar-refractivity contribution in [3.05, 3.63) is 35.9 Å². The lowest BCUT2D eigenvalue weighted by molar-refractivity contribution is -0.131. The average molecular weight is 229 g/mol. The molecule has 0 bridgehead atoms. The highest BCUT2D eigenvalue weighted by Gasteiger charge is 2.37. The van der Waals surface area contributed by atoms with Gasteiger partial charge in [-0.05, 0) is 24.8 Å². The van der Waals surface area contributed by atoms with Gasteiger partial charge in [0.25, 0.3) is 0 Å². The summed E-state index contributed by atoms with van der Waals surface area (Å²) in [6.07, 6.45) is 6.71. The van der Waals surface area contributed by atoms with Gasteiger partial charge in [0.05, 0.1) is 6.04 Å². The quantitative estimate of drug-likeness (QED) is 0.762. The van der Waals surface area contributed by atoms with Crippen molar-refractivity contribution >= 4 is 5.91 Å². The van der Waals surface area contributed by atoms with E-state index in [2.05, 4.69) is 29.2 Å². The molecule has 0 N–H and O–H groups in total. The number of rotatable bonds is 2. The number of likely N-dealkylation sites (tertiary alicyclic amines) is 1. The van der Waals surface area contributed by atoms with Crippen LogP contribution in [0.5, 0.6) is 0 Å². The van der Waals surface area contributed by atoms with Gasteiger partial charge in [-0.1, -0.05) is 43.2 Å². The maximum absolute atomic E-state index is 12.1. The van der Waals surface area contributed by atoms with Crippen LogP contribution in [-0.2, 0) is 4.79 Å². The maximum Gasteiger partial charge on any atom is 0.223 e. The van der Waals surface area contributed by atoms with Crippen molar-refractivity contribution in [3.63, 3.8) is 0 Å². The van der Waals surface area contributed by atoms with Crippen molar-refractivity contribution in [3.8, 4) is 0 Å². The Balaban J connectivity index is 1.86. The summed E-state index contributed by atoms with van der Waals surface area (Å²) < 4.78 is 0. The molecular formula is C15H19NO. The van der Waals surface area contributed by atoms with Crippen LogP contribution in [0.3, 0.4) is 0 Å². The monoisotopic (exact) mass is 229 g/mol. The molecule has 1 saturated carbocycles. The molecule has 0 spiro atoms. The number of carbonyl (C=O) groups is 1. The molecule has 1 heterocycles. The molecule has 1 aliphatic heterocycles. The Labute approximate surface area is 103 Å². The normalized spacial score (nSPS) is 25.8. The molecule has 1 aromatic carbocycles. The molecule has 1 amide bonds. The molecule has 2 aliphatic rings. The van der Waals surface area contributed by atoms with Gasteiger partial charge in [-0.15, -0.1) is 0 Å². The number of hydrogen-bond donors (Lipinski definition) is 0. The van der Waals surface area contributed by atoms with E-state index < -0.39 is 0 Å². The zero-order valence-corrected chi connectivity index (χ0v) is 10.1. The third-order valence-corrected chi connectivity index (χ3v) is 4.16. The number of hydrogen-bond acceptors (Lipinski definition) is 1. The Hall–Kier alpha value is -1.31. The summed E-state index contributed by atoms with van der Waals surface area (Å²) in [7, 11) is 0. The number of benzene rings is 1. The van der Waals surface area contributed by atoms with E-state index >= 15 is 0 Å². The SMILES string of the molecule is O=C1CCC(c2ccccc2)N1C1CCCC1. The topological polar surface area (TPSA) is 20.3 Å². The average Bonchev–Trinajstić information content (AvgIpc) is 2.99. The summed E-state index contributed by atoms with van der Waals surface area (Å²) in [6, 6.07) is 11.4. The van der Waals surface area contributed by atoms with Crippen molar-refractivity contribution < 1.29 is 4.79 Å². The molecule has 1 aliphatic carbocycles. The van der Waals surface area contributed by atoms with Crippen molar-refractivity contribution in [2.75, 3.05) is 0 Å². The molecule has 1 atom stereocenters. The minimum Gasteiger partial charge on any atom is -0.333 e. The van der Waals surface area contributed by atoms with Crippen LogP contribution in [0.2, 0.25) is 0 Å². The van der Waals surface area contributed by atoms with Gasteiger partial charge in [-0.25, -0.2) is 0 Å². The summed E-state index contributed by atoms with van der Waals surface area (Å²) in [4.78, 5) is 14.3. The zero-order valence-electron chi connectivity index (χ0n) is 10.1. The van der Waals surface area contributed by atoms with Crippen LogP contribution in [0, 0.1) is 0 Å². The highest BCUT2D eigenvalue weighted by atomic mass is 16.2. The van der Waals surface area contributed by atoms with E-state index in [4.69, 9.17) is 0 Å². The van der Waals surface area contributed by atoms with E-state index in [-0.39, 0.29) is 0 Å². The molecule has 1 unspecified atom stereocenters. The molecule has 0 aromatic heterocycles. The highest BCUT2D eigenvalue weighted by Crippen LogP contribution is 2.38. The van der Waals surface area contributed by atoms with Gasteiger partial charge in [0.2, 0.25) is 5.91 Å². The Bertz CT molecular complexity index is 395. The van der Waals surface area contributed by atoms with Gasteiger partial charge < -0.3 is 4.90 Å². The minimum absolute atomic E-state index is 0.340. The Kier molecular flexibility index (Phi) is 2.87. The first kappa shape index (κ1) is 10.8. The maximum atomic E-state index is 12.1. The second-order valence-corrected chi connectivity index (χ2v) is 5.20. The lowest BCUT2D eigenvalue weighted by Gasteiger charge is -2.31. The molecule has 0 radical (unpaired) electrons. The predicted octanol–water partition coefficient (Wildman–Crippen LogP) is 3.29. The van der Waals surface area contributed by atoms with Gasteiger partial charge in [0.1, 0.15) is 0 Å². The van der Waals surface area contributed by atoms with Crippen molar-refractivity contribution in [1.82, 2.24) is 4.90 Å². The van der Waals surface area contributed by atoms with E-state index in [1.54, 1.807) is 0 Å². The Morgan fingerprint density at radius 1 is 1.00 bits per heavy atom. The van der Waals surface area contributed by atoms with Crippen LogP contribution < -0.4 is 0 Å². The number of nitrogens with zero attached hydrogens (tertiary/aromatic N) is 1. The van der Waals surface area contributed by atoms with Crippen LogP contribution >= 0.6 is 0 Å². The van der Waals surface area contributed by atoms with Crippen LogP contribution in [0.4, 0.5) is 0 Å². The molecule has 90 valence electrons. The summed E-state index contributed by atoms with van der Waals surface area (Å²) in [6.45, 7) is 0. The predicted molar refractivity (Wildman–Crippen MR) is 67.5 cm³/mol. The highest BCUT2D eigenvalue weighted by molar-refractivity contribution is 5.79. The molecule has 1 aromatic rings. The zero-order chi connectivity index (χ0) is 11.7. The van der Waals surface area contributed by atoms with Gasteiger partial charge in [-0.3, -0.25) is 4.79 Å². The first-order chi connectivity index (χ1) is 8.36. The lowest BCUT2D eigenvalue weighted by atomic mass is 10.0. The first-order valence-electron chi connectivity index (χ1n) is 6.72. The molecular weight excluding hydrogens is 210 g/mol. The molecule has 17 heavy (non-hydrogen) atoms. The fraction of sp³-hybridized carbons (Fsp3) is 0.533. The standard InChI is InChI=1S/C15H19NO/c17-15-11-10-14(12-6-2-1-3-7-12)16(15)13-8-4-5-9-13/h1-3,6-7,13-14H,4-5,8-11H2. The molecule has 2 heteroatoms. The third kappa shape index (κ3) is 1.97. The van der Waals surface area contributed by atoms with E-state index in [1.807, 2.05) is 6.07 Å². The molecule has 1 saturated heterocycles. The third-order valence-electron chi connectivity index (χ3n) is 4.16. The summed E-state index contributed by atoms with van der Waals surface area (Å²) in [5.74, 6) is 0.366. The van der Waals surface area contributed by atoms with Gasteiger partial charge in [-0.2, -0.15) is 0 Å². The number of carbonyl (C=O) groups excluding carboxylic acids is 1. The fourth-order valence-corrected chi connectivity index (χ4v) is 3.35. The second kappa shape index (κ2) is 4.52. The van der Waals surface area contributed by atoms with Crippen LogP contribution in [0.25, 0.3) is 0 Å². The van der Waals surface area contributed by atoms with E-state index in [0.717, 1.165) is 12.8 Å². The van der Waals surface area contributed by atoms with Crippen molar-refractivity contribution in [2.24, 2.45) is 0 Å². The summed E-state index contributed by atoms with van der Waals surface area (Å²) in [5, 5.41) is 0. The van der Waals surface area contributed by atoms with Gasteiger partial charge in [0.15, 0.2) is 0 Å². The summed E-state index contributed by atoms with van der Waals surface area (Å²) in [5.41, 5.74) is 1.31. The van der Waals surface area contributed by atoms with Crippen LogP contribution in [0.15, 0.2) is 30.3 Å². The molecule has 2 fully saturated rings.